The summed E-state index contributed by atoms with van der Waals surface area (Å²) in [6.45, 7) is 0.583. The molecule has 0 unspecified atom stereocenters. The lowest BCUT2D eigenvalue weighted by atomic mass is 10.2. The quantitative estimate of drug-likeness (QED) is 0.785. The maximum absolute atomic E-state index is 12.8. The molecule has 0 aliphatic carbocycles. The van der Waals surface area contributed by atoms with E-state index in [1.54, 1.807) is 6.07 Å². The Labute approximate surface area is 81.6 Å². The monoisotopic (exact) mass is 190 g/mol. The van der Waals surface area contributed by atoms with Crippen molar-refractivity contribution in [1.29, 1.82) is 0 Å². The summed E-state index contributed by atoms with van der Waals surface area (Å²) < 4.78 is 12.8. The molecule has 14 heavy (non-hydrogen) atoms. The molecule has 0 atom stereocenters. The Balaban J connectivity index is 2.50. The average Bonchev–Trinajstić information content (AvgIpc) is 2.19. The first-order valence-corrected chi connectivity index (χ1v) is 4.55. The predicted octanol–water partition coefficient (Wildman–Crippen LogP) is 1.88. The number of halogens is 1. The number of pyridine rings is 1. The van der Waals surface area contributed by atoms with Gasteiger partial charge in [-0.1, -0.05) is 6.07 Å². The van der Waals surface area contributed by atoms with E-state index in [4.69, 9.17) is 5.73 Å². The van der Waals surface area contributed by atoms with Crippen molar-refractivity contribution in [1.82, 2.24) is 4.98 Å². The van der Waals surface area contributed by atoms with Crippen LogP contribution in [0.3, 0.4) is 0 Å². The van der Waals surface area contributed by atoms with Gasteiger partial charge >= 0.3 is 0 Å². The molecule has 0 radical (unpaired) electrons. The van der Waals surface area contributed by atoms with Gasteiger partial charge in [-0.3, -0.25) is 4.98 Å². The third kappa shape index (κ3) is 1.72. The number of rotatable bonds is 2. The Bertz CT molecular complexity index is 454. The smallest absolute Gasteiger partial charge is 0.123 e. The number of hydrogen-bond acceptors (Lipinski definition) is 2. The highest BCUT2D eigenvalue weighted by Crippen LogP contribution is 2.14. The van der Waals surface area contributed by atoms with Gasteiger partial charge in [0.1, 0.15) is 5.82 Å². The fraction of sp³-hybridized carbons (Fsp3) is 0.182. The SMILES string of the molecule is NCCc1ccc2cc(F)ccc2n1. The van der Waals surface area contributed by atoms with Gasteiger partial charge in [-0.25, -0.2) is 4.39 Å². The summed E-state index contributed by atoms with van der Waals surface area (Å²) >= 11 is 0. The maximum atomic E-state index is 12.8. The summed E-state index contributed by atoms with van der Waals surface area (Å²) in [5.74, 6) is -0.231. The van der Waals surface area contributed by atoms with Crippen molar-refractivity contribution in [3.05, 3.63) is 41.8 Å². The molecule has 0 bridgehead atoms. The van der Waals surface area contributed by atoms with Gasteiger partial charge < -0.3 is 5.73 Å². The molecule has 72 valence electrons. The summed E-state index contributed by atoms with van der Waals surface area (Å²) in [4.78, 5) is 4.36. The Morgan fingerprint density at radius 2 is 2.07 bits per heavy atom. The zero-order chi connectivity index (χ0) is 9.97. The van der Waals surface area contributed by atoms with E-state index in [1.807, 2.05) is 12.1 Å². The summed E-state index contributed by atoms with van der Waals surface area (Å²) in [5, 5.41) is 0.825. The zero-order valence-electron chi connectivity index (χ0n) is 7.70. The highest BCUT2D eigenvalue weighted by molar-refractivity contribution is 5.78. The van der Waals surface area contributed by atoms with Crippen LogP contribution in [0.1, 0.15) is 5.69 Å². The van der Waals surface area contributed by atoms with E-state index in [-0.39, 0.29) is 5.82 Å². The Kier molecular flexibility index (Phi) is 2.41. The first kappa shape index (κ1) is 9.09. The molecule has 3 heteroatoms. The van der Waals surface area contributed by atoms with E-state index in [2.05, 4.69) is 4.98 Å². The largest absolute Gasteiger partial charge is 0.330 e. The molecule has 2 N–H and O–H groups in total. The molecule has 2 nitrogen and oxygen atoms in total. The first-order valence-electron chi connectivity index (χ1n) is 4.55. The van der Waals surface area contributed by atoms with Crippen molar-refractivity contribution in [2.45, 2.75) is 6.42 Å². The van der Waals surface area contributed by atoms with E-state index in [0.29, 0.717) is 6.54 Å². The molecule has 0 saturated carbocycles. The standard InChI is InChI=1S/C11H11FN2/c12-9-2-4-11-8(7-9)1-3-10(14-11)5-6-13/h1-4,7H,5-6,13H2. The van der Waals surface area contributed by atoms with Crippen LogP contribution in [0, 0.1) is 5.82 Å². The maximum Gasteiger partial charge on any atom is 0.123 e. The predicted molar refractivity (Wildman–Crippen MR) is 54.5 cm³/mol. The molecule has 2 aromatic rings. The molecule has 0 fully saturated rings. The number of nitrogens with two attached hydrogens (primary N) is 1. The van der Waals surface area contributed by atoms with Crippen LogP contribution in [0.5, 0.6) is 0 Å². The molecule has 1 aromatic heterocycles. The molecule has 0 aliphatic heterocycles. The molecule has 1 aromatic carbocycles. The Hall–Kier alpha value is -1.48. The van der Waals surface area contributed by atoms with Gasteiger partial charge in [-0.05, 0) is 30.8 Å². The van der Waals surface area contributed by atoms with Crippen LogP contribution in [0.2, 0.25) is 0 Å². The van der Waals surface area contributed by atoms with Crippen molar-refractivity contribution in [3.63, 3.8) is 0 Å². The van der Waals surface area contributed by atoms with E-state index in [9.17, 15) is 4.39 Å². The summed E-state index contributed by atoms with van der Waals surface area (Å²) in [5.41, 5.74) is 7.20. The van der Waals surface area contributed by atoms with E-state index < -0.39 is 0 Å². The van der Waals surface area contributed by atoms with Gasteiger partial charge in [0, 0.05) is 17.5 Å². The molecule has 0 amide bonds. The second kappa shape index (κ2) is 3.72. The van der Waals surface area contributed by atoms with E-state index in [1.165, 1.54) is 12.1 Å². The third-order valence-electron chi connectivity index (χ3n) is 2.11. The zero-order valence-corrected chi connectivity index (χ0v) is 7.70. The second-order valence-corrected chi connectivity index (χ2v) is 3.18. The van der Waals surface area contributed by atoms with E-state index >= 15 is 0 Å². The van der Waals surface area contributed by atoms with Crippen LogP contribution < -0.4 is 5.73 Å². The van der Waals surface area contributed by atoms with Crippen LogP contribution in [0.4, 0.5) is 4.39 Å². The average molecular weight is 190 g/mol. The fourth-order valence-corrected chi connectivity index (χ4v) is 1.43. The third-order valence-corrected chi connectivity index (χ3v) is 2.11. The molecular weight excluding hydrogens is 179 g/mol. The van der Waals surface area contributed by atoms with Crippen LogP contribution in [-0.4, -0.2) is 11.5 Å². The van der Waals surface area contributed by atoms with Gasteiger partial charge in [0.25, 0.3) is 0 Å². The normalized spacial score (nSPS) is 10.7. The molecule has 0 aliphatic rings. The molecule has 0 spiro atoms. The highest BCUT2D eigenvalue weighted by atomic mass is 19.1. The highest BCUT2D eigenvalue weighted by Gasteiger charge is 1.98. The summed E-state index contributed by atoms with van der Waals surface area (Å²) in [6, 6.07) is 8.34. The number of aromatic nitrogens is 1. The minimum Gasteiger partial charge on any atom is -0.330 e. The summed E-state index contributed by atoms with van der Waals surface area (Å²) in [6.07, 6.45) is 0.757. The van der Waals surface area contributed by atoms with Crippen LogP contribution >= 0.6 is 0 Å². The lowest BCUT2D eigenvalue weighted by Crippen LogP contribution is -2.04. The van der Waals surface area contributed by atoms with Crippen molar-refractivity contribution in [2.24, 2.45) is 5.73 Å². The fourth-order valence-electron chi connectivity index (χ4n) is 1.43. The minimum absolute atomic E-state index is 0.231. The van der Waals surface area contributed by atoms with Gasteiger partial charge in [0.2, 0.25) is 0 Å². The number of benzene rings is 1. The molecule has 1 heterocycles. The van der Waals surface area contributed by atoms with Crippen LogP contribution in [-0.2, 0) is 6.42 Å². The van der Waals surface area contributed by atoms with Crippen molar-refractivity contribution < 1.29 is 4.39 Å². The second-order valence-electron chi connectivity index (χ2n) is 3.18. The first-order chi connectivity index (χ1) is 6.79. The van der Waals surface area contributed by atoms with Gasteiger partial charge in [0.15, 0.2) is 0 Å². The van der Waals surface area contributed by atoms with Crippen molar-refractivity contribution in [3.8, 4) is 0 Å². The topological polar surface area (TPSA) is 38.9 Å². The Morgan fingerprint density at radius 1 is 1.21 bits per heavy atom. The Morgan fingerprint density at radius 3 is 2.86 bits per heavy atom. The molecular formula is C11H11FN2. The minimum atomic E-state index is -0.231. The lowest BCUT2D eigenvalue weighted by molar-refractivity contribution is 0.629. The van der Waals surface area contributed by atoms with Crippen molar-refractivity contribution in [2.75, 3.05) is 6.54 Å². The molecule has 2 rings (SSSR count). The van der Waals surface area contributed by atoms with Gasteiger partial charge in [-0.2, -0.15) is 0 Å². The van der Waals surface area contributed by atoms with Crippen molar-refractivity contribution >= 4 is 10.9 Å². The van der Waals surface area contributed by atoms with E-state index in [0.717, 1.165) is 23.0 Å². The van der Waals surface area contributed by atoms with Crippen LogP contribution in [0.25, 0.3) is 10.9 Å². The van der Waals surface area contributed by atoms with Gasteiger partial charge in [-0.15, -0.1) is 0 Å². The number of fused-ring (bicyclic) bond motifs is 1. The number of nitrogens with zero attached hydrogens (tertiary/aromatic N) is 1. The summed E-state index contributed by atoms with van der Waals surface area (Å²) in [7, 11) is 0. The lowest BCUT2D eigenvalue weighted by Gasteiger charge is -2.01. The van der Waals surface area contributed by atoms with Gasteiger partial charge in [0.05, 0.1) is 5.52 Å². The number of hydrogen-bond donors (Lipinski definition) is 1. The van der Waals surface area contributed by atoms with Crippen LogP contribution in [0.15, 0.2) is 30.3 Å². The molecule has 0 saturated heterocycles.